The average molecular weight is 367 g/mol. The van der Waals surface area contributed by atoms with Crippen LogP contribution in [-0.2, 0) is 11.3 Å². The van der Waals surface area contributed by atoms with Crippen LogP contribution in [0.5, 0.6) is 0 Å². The largest absolute Gasteiger partial charge is 0.369 e. The zero-order valence-corrected chi connectivity index (χ0v) is 15.6. The quantitative estimate of drug-likeness (QED) is 0.715. The van der Waals surface area contributed by atoms with E-state index in [0.29, 0.717) is 6.54 Å². The van der Waals surface area contributed by atoms with Gasteiger partial charge in [-0.05, 0) is 37.9 Å². The third-order valence-electron chi connectivity index (χ3n) is 5.10. The summed E-state index contributed by atoms with van der Waals surface area (Å²) in [6, 6.07) is 8.15. The van der Waals surface area contributed by atoms with E-state index in [1.165, 1.54) is 0 Å². The van der Waals surface area contributed by atoms with Gasteiger partial charge in [-0.3, -0.25) is 9.69 Å². The maximum atomic E-state index is 11.3. The highest BCUT2D eigenvalue weighted by atomic mass is 16.1. The van der Waals surface area contributed by atoms with E-state index in [0.717, 1.165) is 61.7 Å². The Kier molecular flexibility index (Phi) is 4.89. The summed E-state index contributed by atoms with van der Waals surface area (Å²) in [6.07, 6.45) is 4.63. The molecule has 27 heavy (non-hydrogen) atoms. The van der Waals surface area contributed by atoms with Gasteiger partial charge in [0.1, 0.15) is 12.2 Å². The summed E-state index contributed by atoms with van der Waals surface area (Å²) in [6.45, 7) is 4.97. The van der Waals surface area contributed by atoms with Gasteiger partial charge in [0.15, 0.2) is 0 Å². The van der Waals surface area contributed by atoms with E-state index in [2.05, 4.69) is 32.5 Å². The fraction of sp³-hybridized carbons (Fsp3) is 0.474. The van der Waals surface area contributed by atoms with Gasteiger partial charge in [0.2, 0.25) is 11.9 Å². The summed E-state index contributed by atoms with van der Waals surface area (Å²) >= 11 is 0. The van der Waals surface area contributed by atoms with E-state index in [4.69, 9.17) is 10.7 Å². The van der Waals surface area contributed by atoms with Gasteiger partial charge in [0, 0.05) is 19.0 Å². The standard InChI is InChI=1S/C19H25N7O/c1-2-9-25-16-8-4-3-7-15(16)23-19(25)26-18(21-13-22-26)14-6-5-10-24(11-14)12-17(20)27/h3-4,7-8,13-14H,2,5-6,9-12H2,1H3,(H2,20,27)/t14-/m0/s1. The zero-order chi connectivity index (χ0) is 18.8. The number of amides is 1. The summed E-state index contributed by atoms with van der Waals surface area (Å²) in [5.41, 5.74) is 7.44. The maximum absolute atomic E-state index is 11.3. The monoisotopic (exact) mass is 367 g/mol. The van der Waals surface area contributed by atoms with E-state index < -0.39 is 0 Å². The van der Waals surface area contributed by atoms with Gasteiger partial charge >= 0.3 is 0 Å². The molecule has 1 aromatic carbocycles. The predicted octanol–water partition coefficient (Wildman–Crippen LogP) is 1.69. The predicted molar refractivity (Wildman–Crippen MR) is 103 cm³/mol. The number of fused-ring (bicyclic) bond motifs is 1. The minimum absolute atomic E-state index is 0.204. The first-order valence-electron chi connectivity index (χ1n) is 9.53. The lowest BCUT2D eigenvalue weighted by molar-refractivity contribution is -0.119. The second kappa shape index (κ2) is 7.48. The summed E-state index contributed by atoms with van der Waals surface area (Å²) in [7, 11) is 0. The number of hydrogen-bond donors (Lipinski definition) is 1. The second-order valence-corrected chi connectivity index (χ2v) is 7.12. The van der Waals surface area contributed by atoms with Crippen LogP contribution < -0.4 is 5.73 Å². The summed E-state index contributed by atoms with van der Waals surface area (Å²) < 4.78 is 4.08. The van der Waals surface area contributed by atoms with Crippen molar-refractivity contribution in [1.29, 1.82) is 0 Å². The van der Waals surface area contributed by atoms with Crippen molar-refractivity contribution in [3.63, 3.8) is 0 Å². The van der Waals surface area contributed by atoms with Gasteiger partial charge in [-0.2, -0.15) is 9.78 Å². The van der Waals surface area contributed by atoms with E-state index >= 15 is 0 Å². The molecule has 1 aliphatic rings. The Bertz CT molecular complexity index is 945. The molecule has 1 aliphatic heterocycles. The highest BCUT2D eigenvalue weighted by Crippen LogP contribution is 2.28. The molecule has 0 bridgehead atoms. The molecule has 3 heterocycles. The minimum atomic E-state index is -0.290. The zero-order valence-electron chi connectivity index (χ0n) is 15.6. The Labute approximate surface area is 158 Å². The number of para-hydroxylation sites is 2. The van der Waals surface area contributed by atoms with Crippen molar-refractivity contribution >= 4 is 16.9 Å². The molecule has 0 saturated carbocycles. The maximum Gasteiger partial charge on any atom is 0.233 e. The molecule has 2 N–H and O–H groups in total. The van der Waals surface area contributed by atoms with Gasteiger partial charge < -0.3 is 10.3 Å². The third-order valence-corrected chi connectivity index (χ3v) is 5.10. The summed E-state index contributed by atoms with van der Waals surface area (Å²) in [5.74, 6) is 1.62. The van der Waals surface area contributed by atoms with Crippen LogP contribution in [-0.4, -0.2) is 54.8 Å². The molecule has 0 aliphatic carbocycles. The molecule has 1 fully saturated rings. The highest BCUT2D eigenvalue weighted by Gasteiger charge is 2.27. The normalized spacial score (nSPS) is 18.2. The number of carbonyl (C=O) groups is 1. The van der Waals surface area contributed by atoms with E-state index in [1.807, 2.05) is 22.9 Å². The van der Waals surface area contributed by atoms with E-state index in [9.17, 15) is 4.79 Å². The Morgan fingerprint density at radius 2 is 2.19 bits per heavy atom. The Balaban J connectivity index is 1.71. The van der Waals surface area contributed by atoms with Crippen molar-refractivity contribution in [2.24, 2.45) is 5.73 Å². The first-order chi connectivity index (χ1) is 13.2. The lowest BCUT2D eigenvalue weighted by Crippen LogP contribution is -2.40. The number of rotatable bonds is 6. The van der Waals surface area contributed by atoms with Crippen LogP contribution in [0.3, 0.4) is 0 Å². The van der Waals surface area contributed by atoms with Gasteiger partial charge in [-0.15, -0.1) is 0 Å². The highest BCUT2D eigenvalue weighted by molar-refractivity contribution is 5.77. The van der Waals surface area contributed by atoms with Crippen molar-refractivity contribution in [1.82, 2.24) is 29.2 Å². The van der Waals surface area contributed by atoms with Crippen LogP contribution in [0.1, 0.15) is 37.9 Å². The van der Waals surface area contributed by atoms with Crippen molar-refractivity contribution in [3.8, 4) is 5.95 Å². The first kappa shape index (κ1) is 17.7. The van der Waals surface area contributed by atoms with E-state index in [1.54, 1.807) is 6.33 Å². The molecule has 8 heteroatoms. The average Bonchev–Trinajstić information content (AvgIpc) is 3.27. The van der Waals surface area contributed by atoms with Crippen molar-refractivity contribution in [3.05, 3.63) is 36.4 Å². The molecule has 3 aromatic rings. The van der Waals surface area contributed by atoms with Crippen molar-refractivity contribution in [2.75, 3.05) is 19.6 Å². The lowest BCUT2D eigenvalue weighted by Gasteiger charge is -2.31. The Hall–Kier alpha value is -2.74. The SMILES string of the molecule is CCCn1c(-n2ncnc2[C@H]2CCCN(CC(N)=O)C2)nc2ccccc21. The number of piperidine rings is 1. The number of benzene rings is 1. The van der Waals surface area contributed by atoms with Gasteiger partial charge in [0.25, 0.3) is 0 Å². The smallest absolute Gasteiger partial charge is 0.233 e. The fourth-order valence-electron chi connectivity index (χ4n) is 3.98. The van der Waals surface area contributed by atoms with Crippen LogP contribution in [0.2, 0.25) is 0 Å². The van der Waals surface area contributed by atoms with Crippen LogP contribution in [0, 0.1) is 0 Å². The molecule has 1 amide bonds. The number of nitrogens with two attached hydrogens (primary N) is 1. The molecule has 1 saturated heterocycles. The number of aromatic nitrogens is 5. The van der Waals surface area contributed by atoms with Crippen LogP contribution in [0.25, 0.3) is 17.0 Å². The van der Waals surface area contributed by atoms with Gasteiger partial charge in [-0.25, -0.2) is 9.97 Å². The van der Waals surface area contributed by atoms with Crippen LogP contribution in [0.15, 0.2) is 30.6 Å². The molecule has 8 nitrogen and oxygen atoms in total. The van der Waals surface area contributed by atoms with Crippen molar-refractivity contribution < 1.29 is 4.79 Å². The van der Waals surface area contributed by atoms with Gasteiger partial charge in [0.05, 0.1) is 17.6 Å². The number of imidazole rings is 1. The number of carbonyl (C=O) groups excluding carboxylic acids is 1. The summed E-state index contributed by atoms with van der Waals surface area (Å²) in [5, 5.41) is 4.50. The summed E-state index contributed by atoms with van der Waals surface area (Å²) in [4.78, 5) is 22.8. The number of hydrogen-bond acceptors (Lipinski definition) is 5. The van der Waals surface area contributed by atoms with Crippen LogP contribution >= 0.6 is 0 Å². The molecular weight excluding hydrogens is 342 g/mol. The minimum Gasteiger partial charge on any atom is -0.369 e. The van der Waals surface area contributed by atoms with Crippen LogP contribution in [0.4, 0.5) is 0 Å². The fourth-order valence-corrected chi connectivity index (χ4v) is 3.98. The molecule has 2 aromatic heterocycles. The molecule has 0 radical (unpaired) electrons. The number of aryl methyl sites for hydroxylation is 1. The number of nitrogens with zero attached hydrogens (tertiary/aromatic N) is 6. The topological polar surface area (TPSA) is 94.9 Å². The number of primary amides is 1. The van der Waals surface area contributed by atoms with E-state index in [-0.39, 0.29) is 11.8 Å². The first-order valence-corrected chi connectivity index (χ1v) is 9.53. The van der Waals surface area contributed by atoms with Crippen molar-refractivity contribution in [2.45, 2.75) is 38.6 Å². The molecule has 1 atom stereocenters. The molecular formula is C19H25N7O. The van der Waals surface area contributed by atoms with Gasteiger partial charge in [-0.1, -0.05) is 19.1 Å². The lowest BCUT2D eigenvalue weighted by atomic mass is 9.97. The third kappa shape index (κ3) is 3.44. The molecule has 0 spiro atoms. The molecule has 4 rings (SSSR count). The molecule has 142 valence electrons. The second-order valence-electron chi connectivity index (χ2n) is 7.12. The number of likely N-dealkylation sites (tertiary alicyclic amines) is 1. The Morgan fingerprint density at radius 3 is 3.00 bits per heavy atom. The molecule has 0 unspecified atom stereocenters. The Morgan fingerprint density at radius 1 is 1.33 bits per heavy atom.